The van der Waals surface area contributed by atoms with Crippen LogP contribution >= 0.6 is 11.3 Å². The van der Waals surface area contributed by atoms with Crippen molar-refractivity contribution in [2.24, 2.45) is 0 Å². The van der Waals surface area contributed by atoms with E-state index >= 15 is 0 Å². The van der Waals surface area contributed by atoms with Crippen LogP contribution in [0.25, 0.3) is 0 Å². The van der Waals surface area contributed by atoms with Crippen LogP contribution in [0.3, 0.4) is 0 Å². The number of methoxy groups -OCH3 is 2. The zero-order chi connectivity index (χ0) is 17.8. The van der Waals surface area contributed by atoms with Crippen LogP contribution in [0.4, 0.5) is 5.69 Å². The first-order chi connectivity index (χ1) is 12.1. The van der Waals surface area contributed by atoms with Gasteiger partial charge in [-0.3, -0.25) is 4.79 Å². The van der Waals surface area contributed by atoms with E-state index in [0.29, 0.717) is 28.8 Å². The molecule has 134 valence electrons. The van der Waals surface area contributed by atoms with Crippen LogP contribution in [0.1, 0.15) is 39.8 Å². The highest BCUT2D eigenvalue weighted by Crippen LogP contribution is 2.33. The lowest BCUT2D eigenvalue weighted by Crippen LogP contribution is -2.26. The summed E-state index contributed by atoms with van der Waals surface area (Å²) in [4.78, 5) is 17.1. The van der Waals surface area contributed by atoms with Gasteiger partial charge in [0.15, 0.2) is 11.5 Å². The summed E-state index contributed by atoms with van der Waals surface area (Å²) in [5.41, 5.74) is 2.06. The van der Waals surface area contributed by atoms with Crippen LogP contribution in [0.2, 0.25) is 0 Å². The highest BCUT2D eigenvalue weighted by molar-refractivity contribution is 7.09. The molecule has 2 aromatic rings. The highest BCUT2D eigenvalue weighted by Gasteiger charge is 2.21. The number of aryl methyl sites for hydroxylation is 1. The van der Waals surface area contributed by atoms with Gasteiger partial charge < -0.3 is 20.1 Å². The summed E-state index contributed by atoms with van der Waals surface area (Å²) in [5, 5.41) is 9.16. The number of carbonyl (C=O) groups excluding carboxylic acids is 1. The molecule has 2 heterocycles. The van der Waals surface area contributed by atoms with Gasteiger partial charge in [-0.05, 0) is 44.5 Å². The minimum Gasteiger partial charge on any atom is -0.493 e. The summed E-state index contributed by atoms with van der Waals surface area (Å²) >= 11 is 1.57. The van der Waals surface area contributed by atoms with Gasteiger partial charge in [-0.2, -0.15) is 0 Å². The van der Waals surface area contributed by atoms with Gasteiger partial charge >= 0.3 is 0 Å². The number of rotatable bonds is 5. The van der Waals surface area contributed by atoms with Crippen molar-refractivity contribution < 1.29 is 14.3 Å². The minimum atomic E-state index is -0.202. The SMILES string of the molecule is COc1cc(C)c(NC(=O)c2csc(C3CCNCC3)n2)cc1OC. The maximum Gasteiger partial charge on any atom is 0.275 e. The average molecular weight is 361 g/mol. The summed E-state index contributed by atoms with van der Waals surface area (Å²) in [6.07, 6.45) is 2.15. The summed E-state index contributed by atoms with van der Waals surface area (Å²) in [6.45, 7) is 3.94. The van der Waals surface area contributed by atoms with E-state index in [2.05, 4.69) is 15.6 Å². The van der Waals surface area contributed by atoms with Gasteiger partial charge in [0.1, 0.15) is 5.69 Å². The maximum absolute atomic E-state index is 12.6. The molecule has 25 heavy (non-hydrogen) atoms. The number of ether oxygens (including phenoxy) is 2. The van der Waals surface area contributed by atoms with Gasteiger partial charge in [-0.1, -0.05) is 0 Å². The van der Waals surface area contributed by atoms with Crippen molar-refractivity contribution in [2.45, 2.75) is 25.7 Å². The van der Waals surface area contributed by atoms with Crippen molar-refractivity contribution in [3.63, 3.8) is 0 Å². The third-order valence-corrected chi connectivity index (χ3v) is 5.43. The number of anilines is 1. The average Bonchev–Trinajstić information content (AvgIpc) is 3.14. The topological polar surface area (TPSA) is 72.5 Å². The number of thiazole rings is 1. The molecule has 1 fully saturated rings. The Bertz CT molecular complexity index is 754. The molecule has 6 nitrogen and oxygen atoms in total. The third kappa shape index (κ3) is 3.93. The van der Waals surface area contributed by atoms with Gasteiger partial charge in [0, 0.05) is 23.1 Å². The second-order valence-electron chi connectivity index (χ2n) is 6.07. The second kappa shape index (κ2) is 7.84. The highest BCUT2D eigenvalue weighted by atomic mass is 32.1. The van der Waals surface area contributed by atoms with E-state index in [1.54, 1.807) is 31.6 Å². The Kier molecular flexibility index (Phi) is 5.55. The molecule has 0 spiro atoms. The predicted octanol–water partition coefficient (Wildman–Crippen LogP) is 3.19. The van der Waals surface area contributed by atoms with Crippen molar-refractivity contribution in [3.05, 3.63) is 33.8 Å². The molecular formula is C18H23N3O3S. The van der Waals surface area contributed by atoms with Gasteiger partial charge in [0.05, 0.1) is 19.2 Å². The van der Waals surface area contributed by atoms with Crippen molar-refractivity contribution in [2.75, 3.05) is 32.6 Å². The molecule has 0 aliphatic carbocycles. The first-order valence-corrected chi connectivity index (χ1v) is 9.20. The van der Waals surface area contributed by atoms with Crippen molar-refractivity contribution in [3.8, 4) is 11.5 Å². The number of nitrogens with one attached hydrogen (secondary N) is 2. The fourth-order valence-electron chi connectivity index (χ4n) is 2.95. The van der Waals surface area contributed by atoms with Gasteiger partial charge in [0.2, 0.25) is 0 Å². The first-order valence-electron chi connectivity index (χ1n) is 8.32. The smallest absolute Gasteiger partial charge is 0.275 e. The summed E-state index contributed by atoms with van der Waals surface area (Å²) in [5.74, 6) is 1.47. The number of hydrogen-bond acceptors (Lipinski definition) is 6. The molecule has 1 amide bonds. The van der Waals surface area contributed by atoms with Crippen molar-refractivity contribution in [1.29, 1.82) is 0 Å². The van der Waals surface area contributed by atoms with E-state index in [9.17, 15) is 4.79 Å². The van der Waals surface area contributed by atoms with Gasteiger partial charge in [-0.15, -0.1) is 11.3 Å². The fourth-order valence-corrected chi connectivity index (χ4v) is 3.92. The first kappa shape index (κ1) is 17.7. The van der Waals surface area contributed by atoms with Crippen LogP contribution in [0.5, 0.6) is 11.5 Å². The number of nitrogens with zero attached hydrogens (tertiary/aromatic N) is 1. The minimum absolute atomic E-state index is 0.202. The number of aromatic nitrogens is 1. The maximum atomic E-state index is 12.6. The van der Waals surface area contributed by atoms with Crippen molar-refractivity contribution >= 4 is 22.9 Å². The number of benzene rings is 1. The Morgan fingerprint density at radius 3 is 2.60 bits per heavy atom. The molecule has 0 saturated carbocycles. The van der Waals surface area contributed by atoms with Gasteiger partial charge in [-0.25, -0.2) is 4.98 Å². The molecule has 2 N–H and O–H groups in total. The normalized spacial score (nSPS) is 15.0. The molecule has 1 saturated heterocycles. The molecule has 0 unspecified atom stereocenters. The molecule has 1 aromatic heterocycles. The Labute approximate surface area is 151 Å². The lowest BCUT2D eigenvalue weighted by molar-refractivity contribution is 0.102. The molecule has 1 aliphatic heterocycles. The summed E-state index contributed by atoms with van der Waals surface area (Å²) < 4.78 is 10.6. The van der Waals surface area contributed by atoms with Crippen LogP contribution in [0.15, 0.2) is 17.5 Å². The Morgan fingerprint density at radius 2 is 1.92 bits per heavy atom. The van der Waals surface area contributed by atoms with Crippen LogP contribution in [0, 0.1) is 6.92 Å². The molecule has 3 rings (SSSR count). The van der Waals surface area contributed by atoms with E-state index in [0.717, 1.165) is 36.5 Å². The Morgan fingerprint density at radius 1 is 1.24 bits per heavy atom. The second-order valence-corrected chi connectivity index (χ2v) is 6.96. The fraction of sp³-hybridized carbons (Fsp3) is 0.444. The van der Waals surface area contributed by atoms with E-state index in [1.165, 1.54) is 0 Å². The molecule has 1 aromatic carbocycles. The molecule has 0 atom stereocenters. The monoisotopic (exact) mass is 361 g/mol. The lowest BCUT2D eigenvalue weighted by Gasteiger charge is -2.20. The van der Waals surface area contributed by atoms with Gasteiger partial charge in [0.25, 0.3) is 5.91 Å². The van der Waals surface area contributed by atoms with Crippen LogP contribution < -0.4 is 20.1 Å². The van der Waals surface area contributed by atoms with E-state index in [1.807, 2.05) is 18.4 Å². The standard InChI is InChI=1S/C18H23N3O3S/c1-11-8-15(23-2)16(24-3)9-13(11)20-17(22)14-10-25-18(21-14)12-4-6-19-7-5-12/h8-10,12,19H,4-7H2,1-3H3,(H,20,22). The Hall–Kier alpha value is -2.12. The van der Waals surface area contributed by atoms with Crippen molar-refractivity contribution in [1.82, 2.24) is 10.3 Å². The van der Waals surface area contributed by atoms with Crippen LogP contribution in [-0.4, -0.2) is 38.2 Å². The molecule has 0 bridgehead atoms. The summed E-state index contributed by atoms with van der Waals surface area (Å²) in [7, 11) is 3.16. The van der Waals surface area contributed by atoms with E-state index in [4.69, 9.17) is 9.47 Å². The number of amides is 1. The van der Waals surface area contributed by atoms with E-state index in [-0.39, 0.29) is 5.91 Å². The number of carbonyl (C=O) groups is 1. The number of piperidine rings is 1. The lowest BCUT2D eigenvalue weighted by atomic mass is 9.99. The zero-order valence-electron chi connectivity index (χ0n) is 14.7. The predicted molar refractivity (Wildman–Crippen MR) is 99.2 cm³/mol. The third-order valence-electron chi connectivity index (χ3n) is 4.42. The molecule has 7 heteroatoms. The van der Waals surface area contributed by atoms with E-state index < -0.39 is 0 Å². The molecule has 1 aliphatic rings. The quantitative estimate of drug-likeness (QED) is 0.856. The summed E-state index contributed by atoms with van der Waals surface area (Å²) in [6, 6.07) is 3.61. The molecular weight excluding hydrogens is 338 g/mol. The van der Waals surface area contributed by atoms with Crippen LogP contribution in [-0.2, 0) is 0 Å². The zero-order valence-corrected chi connectivity index (χ0v) is 15.5. The number of hydrogen-bond donors (Lipinski definition) is 2. The molecule has 0 radical (unpaired) electrons. The Balaban J connectivity index is 1.75. The largest absolute Gasteiger partial charge is 0.493 e.